The molecule has 0 amide bonds. The van der Waals surface area contributed by atoms with Crippen LogP contribution in [0.3, 0.4) is 0 Å². The van der Waals surface area contributed by atoms with Crippen molar-refractivity contribution in [2.24, 2.45) is 0 Å². The van der Waals surface area contributed by atoms with Gasteiger partial charge in [-0.15, -0.1) is 0 Å². The molecule has 2 aromatic carbocycles. The minimum Gasteiger partial charge on any atom is -0.487 e. The third-order valence-electron chi connectivity index (χ3n) is 4.95. The van der Waals surface area contributed by atoms with Crippen molar-refractivity contribution in [2.75, 3.05) is 32.9 Å². The first-order chi connectivity index (χ1) is 14.6. The molecule has 0 radical (unpaired) electrons. The Hall–Kier alpha value is -2.83. The van der Waals surface area contributed by atoms with Crippen molar-refractivity contribution in [2.45, 2.75) is 26.7 Å². The van der Waals surface area contributed by atoms with Gasteiger partial charge in [-0.1, -0.05) is 30.3 Å². The molecule has 0 fully saturated rings. The monoisotopic (exact) mass is 411 g/mol. The number of hydrogen-bond donors (Lipinski definition) is 2. The summed E-state index contributed by atoms with van der Waals surface area (Å²) >= 11 is 0. The third-order valence-corrected chi connectivity index (χ3v) is 4.95. The number of Topliss-reactive ketones (excluding diaryl/α,β-unsaturated/α-hetero) is 1. The van der Waals surface area contributed by atoms with Gasteiger partial charge in [0, 0.05) is 18.5 Å². The summed E-state index contributed by atoms with van der Waals surface area (Å²) in [6.45, 7) is 5.33. The van der Waals surface area contributed by atoms with Crippen molar-refractivity contribution >= 4 is 16.8 Å². The molecular formula is C24H29NO5. The van der Waals surface area contributed by atoms with E-state index in [0.29, 0.717) is 48.9 Å². The summed E-state index contributed by atoms with van der Waals surface area (Å²) in [4.78, 5) is 12.4. The normalized spacial score (nSPS) is 11.0. The second-order valence-electron chi connectivity index (χ2n) is 7.14. The van der Waals surface area contributed by atoms with Gasteiger partial charge >= 0.3 is 0 Å². The van der Waals surface area contributed by atoms with E-state index < -0.39 is 0 Å². The van der Waals surface area contributed by atoms with Gasteiger partial charge in [0.25, 0.3) is 0 Å². The molecule has 0 aliphatic carbocycles. The number of fused-ring (bicyclic) bond motifs is 1. The van der Waals surface area contributed by atoms with Crippen LogP contribution in [0.1, 0.15) is 34.8 Å². The van der Waals surface area contributed by atoms with Crippen molar-refractivity contribution in [3.05, 3.63) is 59.4 Å². The van der Waals surface area contributed by atoms with E-state index in [-0.39, 0.29) is 12.4 Å². The Morgan fingerprint density at radius 2 is 1.83 bits per heavy atom. The van der Waals surface area contributed by atoms with Gasteiger partial charge in [-0.05, 0) is 43.9 Å². The highest BCUT2D eigenvalue weighted by molar-refractivity contribution is 6.05. The maximum Gasteiger partial charge on any atom is 0.205 e. The number of aliphatic hydroxyl groups excluding tert-OH is 1. The average Bonchev–Trinajstić information content (AvgIpc) is 3.23. The zero-order valence-corrected chi connectivity index (χ0v) is 17.6. The van der Waals surface area contributed by atoms with Gasteiger partial charge in [0.15, 0.2) is 17.1 Å². The van der Waals surface area contributed by atoms with Crippen LogP contribution in [0.4, 0.5) is 0 Å². The Labute approximate surface area is 176 Å². The van der Waals surface area contributed by atoms with E-state index in [9.17, 15) is 4.79 Å². The summed E-state index contributed by atoms with van der Waals surface area (Å²) in [5.74, 6) is 0.817. The van der Waals surface area contributed by atoms with Gasteiger partial charge in [0.1, 0.15) is 6.61 Å². The van der Waals surface area contributed by atoms with Crippen LogP contribution in [0.25, 0.3) is 11.0 Å². The van der Waals surface area contributed by atoms with Gasteiger partial charge in [0.2, 0.25) is 5.75 Å². The number of ketones is 1. The SMILES string of the molecule is CC(=O)c1c(OCCNCCO)c(OCCCc2ccccc2)c2occc2c1C. The predicted molar refractivity (Wildman–Crippen MR) is 117 cm³/mol. The molecule has 0 aliphatic rings. The lowest BCUT2D eigenvalue weighted by Crippen LogP contribution is -2.24. The van der Waals surface area contributed by atoms with Crippen molar-refractivity contribution in [1.29, 1.82) is 0 Å². The maximum atomic E-state index is 12.4. The Morgan fingerprint density at radius 1 is 1.07 bits per heavy atom. The summed E-state index contributed by atoms with van der Waals surface area (Å²) < 4.78 is 17.8. The fourth-order valence-electron chi connectivity index (χ4n) is 3.52. The molecule has 3 aromatic rings. The molecule has 0 bridgehead atoms. The van der Waals surface area contributed by atoms with Crippen LogP contribution in [0, 0.1) is 6.92 Å². The van der Waals surface area contributed by atoms with E-state index in [0.717, 1.165) is 23.8 Å². The highest BCUT2D eigenvalue weighted by Gasteiger charge is 2.24. The second kappa shape index (κ2) is 10.8. The van der Waals surface area contributed by atoms with Crippen LogP contribution in [0.15, 0.2) is 47.1 Å². The highest BCUT2D eigenvalue weighted by Crippen LogP contribution is 2.42. The standard InChI is InChI=1S/C24H29NO5/c1-17-20-10-15-29-22(20)24(28-14-6-9-19-7-4-3-5-8-19)23(21(17)18(2)27)30-16-12-25-11-13-26/h3-5,7-8,10,15,25-26H,6,9,11-14,16H2,1-2H3. The number of ether oxygens (including phenoxy) is 2. The molecule has 2 N–H and O–H groups in total. The topological polar surface area (TPSA) is 80.9 Å². The number of nitrogens with one attached hydrogen (secondary N) is 1. The van der Waals surface area contributed by atoms with Crippen LogP contribution in [-0.4, -0.2) is 43.8 Å². The molecule has 0 saturated heterocycles. The van der Waals surface area contributed by atoms with E-state index in [2.05, 4.69) is 17.4 Å². The molecule has 1 aromatic heterocycles. The smallest absolute Gasteiger partial charge is 0.205 e. The minimum absolute atomic E-state index is 0.0614. The Morgan fingerprint density at radius 3 is 2.57 bits per heavy atom. The molecule has 1 heterocycles. The largest absolute Gasteiger partial charge is 0.487 e. The first kappa shape index (κ1) is 21.9. The number of carbonyl (C=O) groups excluding carboxylic acids is 1. The molecule has 0 atom stereocenters. The summed E-state index contributed by atoms with van der Waals surface area (Å²) in [7, 11) is 0. The number of aliphatic hydroxyl groups is 1. The molecule has 3 rings (SSSR count). The number of benzene rings is 2. The number of furan rings is 1. The molecular weight excluding hydrogens is 382 g/mol. The van der Waals surface area contributed by atoms with Crippen molar-refractivity contribution in [3.63, 3.8) is 0 Å². The van der Waals surface area contributed by atoms with Crippen LogP contribution < -0.4 is 14.8 Å². The second-order valence-corrected chi connectivity index (χ2v) is 7.14. The molecule has 0 spiro atoms. The molecule has 0 aliphatic heterocycles. The summed E-state index contributed by atoms with van der Waals surface area (Å²) in [5, 5.41) is 12.8. The van der Waals surface area contributed by atoms with Crippen LogP contribution in [-0.2, 0) is 6.42 Å². The van der Waals surface area contributed by atoms with Gasteiger partial charge < -0.3 is 24.3 Å². The zero-order chi connectivity index (χ0) is 21.3. The van der Waals surface area contributed by atoms with Crippen LogP contribution >= 0.6 is 0 Å². The van der Waals surface area contributed by atoms with E-state index in [1.165, 1.54) is 12.5 Å². The van der Waals surface area contributed by atoms with Crippen LogP contribution in [0.2, 0.25) is 0 Å². The van der Waals surface area contributed by atoms with Gasteiger partial charge in [0.05, 0.1) is 25.0 Å². The third kappa shape index (κ3) is 5.20. The number of hydrogen-bond acceptors (Lipinski definition) is 6. The lowest BCUT2D eigenvalue weighted by Gasteiger charge is -2.18. The van der Waals surface area contributed by atoms with E-state index >= 15 is 0 Å². The Kier molecular flexibility index (Phi) is 7.88. The van der Waals surface area contributed by atoms with E-state index in [4.69, 9.17) is 19.0 Å². The predicted octanol–water partition coefficient (Wildman–Crippen LogP) is 3.92. The minimum atomic E-state index is -0.0805. The average molecular weight is 411 g/mol. The summed E-state index contributed by atoms with van der Waals surface area (Å²) in [6.07, 6.45) is 3.33. The van der Waals surface area contributed by atoms with Gasteiger partial charge in [-0.3, -0.25) is 4.79 Å². The van der Waals surface area contributed by atoms with Gasteiger partial charge in [-0.2, -0.15) is 0 Å². The molecule has 160 valence electrons. The van der Waals surface area contributed by atoms with Gasteiger partial charge in [-0.25, -0.2) is 0 Å². The van der Waals surface area contributed by atoms with Crippen molar-refractivity contribution in [3.8, 4) is 11.5 Å². The maximum absolute atomic E-state index is 12.4. The Bertz CT molecular complexity index is 965. The first-order valence-electron chi connectivity index (χ1n) is 10.3. The number of rotatable bonds is 12. The van der Waals surface area contributed by atoms with Crippen molar-refractivity contribution in [1.82, 2.24) is 5.32 Å². The lowest BCUT2D eigenvalue weighted by atomic mass is 9.99. The highest BCUT2D eigenvalue weighted by atomic mass is 16.5. The zero-order valence-electron chi connectivity index (χ0n) is 17.6. The fourth-order valence-corrected chi connectivity index (χ4v) is 3.52. The van der Waals surface area contributed by atoms with E-state index in [1.54, 1.807) is 6.26 Å². The molecule has 6 heteroatoms. The lowest BCUT2D eigenvalue weighted by molar-refractivity contribution is 0.101. The first-order valence-corrected chi connectivity index (χ1v) is 10.3. The van der Waals surface area contributed by atoms with Crippen LogP contribution in [0.5, 0.6) is 11.5 Å². The number of aryl methyl sites for hydroxylation is 2. The molecule has 0 saturated carbocycles. The van der Waals surface area contributed by atoms with Crippen molar-refractivity contribution < 1.29 is 23.8 Å². The summed E-state index contributed by atoms with van der Waals surface area (Å²) in [5.41, 5.74) is 3.19. The quantitative estimate of drug-likeness (QED) is 0.347. The fraction of sp³-hybridized carbons (Fsp3) is 0.375. The summed E-state index contributed by atoms with van der Waals surface area (Å²) in [6, 6.07) is 12.1. The molecule has 30 heavy (non-hydrogen) atoms. The Balaban J connectivity index is 1.82. The van der Waals surface area contributed by atoms with E-state index in [1.807, 2.05) is 31.2 Å². The number of carbonyl (C=O) groups is 1. The molecule has 6 nitrogen and oxygen atoms in total. The molecule has 0 unspecified atom stereocenters.